The van der Waals surface area contributed by atoms with E-state index < -0.39 is 0 Å². The van der Waals surface area contributed by atoms with Crippen molar-refractivity contribution < 1.29 is 14.3 Å². The fraction of sp³-hybridized carbons (Fsp3) is 0.923. The minimum atomic E-state index is 0.0875. The van der Waals surface area contributed by atoms with Gasteiger partial charge in [-0.25, -0.2) is 0 Å². The highest BCUT2D eigenvalue weighted by Gasteiger charge is 2.43. The summed E-state index contributed by atoms with van der Waals surface area (Å²) in [6.07, 6.45) is 6.02. The fourth-order valence-electron chi connectivity index (χ4n) is 2.74. The second kappa shape index (κ2) is 5.28. The molecule has 2 fully saturated rings. The van der Waals surface area contributed by atoms with Crippen LogP contribution in [0.4, 0.5) is 0 Å². The lowest BCUT2D eigenvalue weighted by molar-refractivity contribution is -0.156. The Morgan fingerprint density at radius 3 is 2.94 bits per heavy atom. The van der Waals surface area contributed by atoms with Crippen LogP contribution in [0.5, 0.6) is 0 Å². The second-order valence-corrected chi connectivity index (χ2v) is 4.99. The summed E-state index contributed by atoms with van der Waals surface area (Å²) in [4.78, 5) is 12.0. The average Bonchev–Trinajstić information content (AvgIpc) is 2.27. The van der Waals surface area contributed by atoms with E-state index in [0.29, 0.717) is 25.4 Å². The summed E-state index contributed by atoms with van der Waals surface area (Å²) < 4.78 is 11.1. The van der Waals surface area contributed by atoms with Gasteiger partial charge in [0, 0.05) is 25.6 Å². The number of hydrogen-bond donors (Lipinski definition) is 0. The molecule has 2 aliphatic rings. The molecule has 1 saturated carbocycles. The van der Waals surface area contributed by atoms with Crippen molar-refractivity contribution in [2.24, 2.45) is 5.92 Å². The van der Waals surface area contributed by atoms with Gasteiger partial charge in [-0.05, 0) is 39.0 Å². The van der Waals surface area contributed by atoms with E-state index in [4.69, 9.17) is 9.47 Å². The molecule has 0 aromatic rings. The van der Waals surface area contributed by atoms with Crippen LogP contribution in [0.3, 0.4) is 0 Å². The smallest absolute Gasteiger partial charge is 0.138 e. The third-order valence-corrected chi connectivity index (χ3v) is 3.91. The molecule has 1 heterocycles. The standard InChI is InChI=1S/C13H22O3/c1-2-15-8-5-12(14)11-4-9-16-13(10-11)6-3-7-13/h11H,2-10H2,1H3. The summed E-state index contributed by atoms with van der Waals surface area (Å²) in [5.74, 6) is 0.609. The number of Topliss-reactive ketones (excluding diaryl/α,β-unsaturated/α-hetero) is 1. The molecule has 0 aromatic carbocycles. The predicted octanol–water partition coefficient (Wildman–Crippen LogP) is 2.33. The molecule has 1 unspecified atom stereocenters. The minimum Gasteiger partial charge on any atom is -0.381 e. The van der Waals surface area contributed by atoms with E-state index >= 15 is 0 Å². The molecule has 1 saturated heterocycles. The Morgan fingerprint density at radius 2 is 2.31 bits per heavy atom. The van der Waals surface area contributed by atoms with Crippen LogP contribution in [0, 0.1) is 5.92 Å². The highest BCUT2D eigenvalue weighted by molar-refractivity contribution is 5.81. The van der Waals surface area contributed by atoms with Gasteiger partial charge in [-0.2, -0.15) is 0 Å². The molecule has 3 nitrogen and oxygen atoms in total. The van der Waals surface area contributed by atoms with Crippen LogP contribution in [0.1, 0.15) is 45.4 Å². The first-order chi connectivity index (χ1) is 7.76. The molecule has 0 radical (unpaired) electrons. The SMILES string of the molecule is CCOCCC(=O)C1CCOC2(CCC2)C1. The summed E-state index contributed by atoms with van der Waals surface area (Å²) in [5, 5.41) is 0. The Labute approximate surface area is 97.5 Å². The van der Waals surface area contributed by atoms with E-state index in [1.165, 1.54) is 6.42 Å². The number of ether oxygens (including phenoxy) is 2. The molecule has 0 amide bonds. The third kappa shape index (κ3) is 2.64. The summed E-state index contributed by atoms with van der Waals surface area (Å²) in [7, 11) is 0. The van der Waals surface area contributed by atoms with Gasteiger partial charge in [0.25, 0.3) is 0 Å². The second-order valence-electron chi connectivity index (χ2n) is 4.99. The lowest BCUT2D eigenvalue weighted by Crippen LogP contribution is -2.47. The molecule has 0 N–H and O–H groups in total. The van der Waals surface area contributed by atoms with Crippen LogP contribution in [0.2, 0.25) is 0 Å². The molecule has 0 aromatic heterocycles. The van der Waals surface area contributed by atoms with Crippen LogP contribution in [-0.2, 0) is 14.3 Å². The van der Waals surface area contributed by atoms with Crippen molar-refractivity contribution in [3.63, 3.8) is 0 Å². The van der Waals surface area contributed by atoms with Gasteiger partial charge >= 0.3 is 0 Å². The molecular formula is C13H22O3. The molecule has 1 aliphatic carbocycles. The quantitative estimate of drug-likeness (QED) is 0.675. The predicted molar refractivity (Wildman–Crippen MR) is 61.4 cm³/mol. The third-order valence-electron chi connectivity index (χ3n) is 3.91. The summed E-state index contributed by atoms with van der Waals surface area (Å²) in [5.41, 5.74) is 0.0875. The normalized spacial score (nSPS) is 27.7. The molecular weight excluding hydrogens is 204 g/mol. The van der Waals surface area contributed by atoms with Crippen molar-refractivity contribution in [3.05, 3.63) is 0 Å². The first-order valence-electron chi connectivity index (χ1n) is 6.50. The monoisotopic (exact) mass is 226 g/mol. The number of rotatable bonds is 5. The van der Waals surface area contributed by atoms with Gasteiger partial charge in [-0.15, -0.1) is 0 Å². The van der Waals surface area contributed by atoms with Crippen molar-refractivity contribution >= 4 is 5.78 Å². The maximum Gasteiger partial charge on any atom is 0.138 e. The largest absolute Gasteiger partial charge is 0.381 e. The van der Waals surface area contributed by atoms with Gasteiger partial charge in [0.15, 0.2) is 0 Å². The number of carbonyl (C=O) groups excluding carboxylic acids is 1. The Morgan fingerprint density at radius 1 is 1.50 bits per heavy atom. The van der Waals surface area contributed by atoms with Crippen LogP contribution in [0.25, 0.3) is 0 Å². The van der Waals surface area contributed by atoms with Gasteiger partial charge in [-0.3, -0.25) is 4.79 Å². The maximum atomic E-state index is 12.0. The van der Waals surface area contributed by atoms with Crippen LogP contribution in [0.15, 0.2) is 0 Å². The zero-order valence-electron chi connectivity index (χ0n) is 10.2. The summed E-state index contributed by atoms with van der Waals surface area (Å²) in [6.45, 7) is 4.01. The Bertz CT molecular complexity index is 246. The van der Waals surface area contributed by atoms with E-state index in [9.17, 15) is 4.79 Å². The van der Waals surface area contributed by atoms with Crippen molar-refractivity contribution in [1.29, 1.82) is 0 Å². The molecule has 1 aliphatic heterocycles. The molecule has 16 heavy (non-hydrogen) atoms. The van der Waals surface area contributed by atoms with Crippen LogP contribution < -0.4 is 0 Å². The Hall–Kier alpha value is -0.410. The molecule has 0 bridgehead atoms. The Balaban J connectivity index is 1.77. The zero-order valence-corrected chi connectivity index (χ0v) is 10.2. The highest BCUT2D eigenvalue weighted by Crippen LogP contribution is 2.44. The lowest BCUT2D eigenvalue weighted by atomic mass is 9.71. The van der Waals surface area contributed by atoms with Gasteiger partial charge in [-0.1, -0.05) is 0 Å². The summed E-state index contributed by atoms with van der Waals surface area (Å²) in [6, 6.07) is 0. The first kappa shape index (κ1) is 12.1. The Kier molecular flexibility index (Phi) is 3.98. The van der Waals surface area contributed by atoms with Crippen LogP contribution >= 0.6 is 0 Å². The van der Waals surface area contributed by atoms with E-state index in [2.05, 4.69) is 0 Å². The first-order valence-corrected chi connectivity index (χ1v) is 6.50. The topological polar surface area (TPSA) is 35.5 Å². The van der Waals surface area contributed by atoms with Gasteiger partial charge in [0.2, 0.25) is 0 Å². The van der Waals surface area contributed by atoms with E-state index in [1.54, 1.807) is 0 Å². The molecule has 1 spiro atoms. The van der Waals surface area contributed by atoms with Gasteiger partial charge in [0.1, 0.15) is 5.78 Å². The zero-order chi connectivity index (χ0) is 11.4. The van der Waals surface area contributed by atoms with Gasteiger partial charge in [0.05, 0.1) is 12.2 Å². The fourth-order valence-corrected chi connectivity index (χ4v) is 2.74. The van der Waals surface area contributed by atoms with E-state index in [1.807, 2.05) is 6.92 Å². The maximum absolute atomic E-state index is 12.0. The highest BCUT2D eigenvalue weighted by atomic mass is 16.5. The lowest BCUT2D eigenvalue weighted by Gasteiger charge is -2.46. The average molecular weight is 226 g/mol. The van der Waals surface area contributed by atoms with Crippen molar-refractivity contribution in [3.8, 4) is 0 Å². The van der Waals surface area contributed by atoms with E-state index in [0.717, 1.165) is 32.3 Å². The molecule has 92 valence electrons. The molecule has 2 rings (SSSR count). The number of carbonyl (C=O) groups is 1. The van der Waals surface area contributed by atoms with Gasteiger partial charge < -0.3 is 9.47 Å². The number of ketones is 1. The molecule has 1 atom stereocenters. The van der Waals surface area contributed by atoms with Crippen molar-refractivity contribution in [2.45, 2.75) is 51.0 Å². The number of hydrogen-bond acceptors (Lipinski definition) is 3. The molecule has 3 heteroatoms. The summed E-state index contributed by atoms with van der Waals surface area (Å²) >= 11 is 0. The van der Waals surface area contributed by atoms with Crippen molar-refractivity contribution in [1.82, 2.24) is 0 Å². The minimum absolute atomic E-state index is 0.0875. The van der Waals surface area contributed by atoms with Crippen molar-refractivity contribution in [2.75, 3.05) is 19.8 Å². The van der Waals surface area contributed by atoms with Crippen LogP contribution in [-0.4, -0.2) is 31.2 Å². The van der Waals surface area contributed by atoms with E-state index in [-0.39, 0.29) is 11.5 Å².